The standard InChI is InChI=1S/C16H26N2/c1-2-3-4-5-10-17-11-8-14-6-7-16-15(13-14)9-12-18-16/h6-7,13,17-18H,2-5,8-12H2,1H3. The first-order valence-corrected chi connectivity index (χ1v) is 7.46. The van der Waals surface area contributed by atoms with E-state index in [-0.39, 0.29) is 0 Å². The average Bonchev–Trinajstić information content (AvgIpc) is 2.85. The van der Waals surface area contributed by atoms with E-state index in [1.807, 2.05) is 0 Å². The SMILES string of the molecule is CCCCCCNCCc1ccc2c(c1)CCN2. The van der Waals surface area contributed by atoms with Crippen molar-refractivity contribution in [3.8, 4) is 0 Å². The quantitative estimate of drug-likeness (QED) is 0.687. The van der Waals surface area contributed by atoms with Crippen LogP contribution in [0.4, 0.5) is 5.69 Å². The first-order valence-electron chi connectivity index (χ1n) is 7.46. The van der Waals surface area contributed by atoms with Crippen LogP contribution in [0.1, 0.15) is 43.7 Å². The van der Waals surface area contributed by atoms with Crippen LogP contribution in [0.3, 0.4) is 0 Å². The molecule has 0 unspecified atom stereocenters. The van der Waals surface area contributed by atoms with Crippen LogP contribution < -0.4 is 10.6 Å². The third-order valence-electron chi connectivity index (χ3n) is 3.68. The van der Waals surface area contributed by atoms with Crippen LogP contribution in [0.15, 0.2) is 18.2 Å². The van der Waals surface area contributed by atoms with Gasteiger partial charge in [0, 0.05) is 12.2 Å². The lowest BCUT2D eigenvalue weighted by Gasteiger charge is -2.06. The molecule has 1 heterocycles. The fourth-order valence-electron chi connectivity index (χ4n) is 2.55. The van der Waals surface area contributed by atoms with Gasteiger partial charge in [0.05, 0.1) is 0 Å². The van der Waals surface area contributed by atoms with E-state index in [1.165, 1.54) is 55.5 Å². The van der Waals surface area contributed by atoms with Gasteiger partial charge in [-0.3, -0.25) is 0 Å². The van der Waals surface area contributed by atoms with Crippen molar-refractivity contribution >= 4 is 5.69 Å². The monoisotopic (exact) mass is 246 g/mol. The van der Waals surface area contributed by atoms with Crippen molar-refractivity contribution in [2.75, 3.05) is 25.0 Å². The molecule has 0 spiro atoms. The Kier molecular flexibility index (Phi) is 5.53. The summed E-state index contributed by atoms with van der Waals surface area (Å²) in [5.41, 5.74) is 4.31. The highest BCUT2D eigenvalue weighted by atomic mass is 14.9. The van der Waals surface area contributed by atoms with Gasteiger partial charge in [0.25, 0.3) is 0 Å². The van der Waals surface area contributed by atoms with Gasteiger partial charge in [-0.05, 0) is 49.5 Å². The molecule has 1 aromatic rings. The normalized spacial score (nSPS) is 13.4. The molecule has 0 saturated heterocycles. The van der Waals surface area contributed by atoms with Gasteiger partial charge in [-0.1, -0.05) is 38.3 Å². The molecule has 0 aromatic heterocycles. The molecule has 0 fully saturated rings. The molecule has 1 aliphatic rings. The van der Waals surface area contributed by atoms with Crippen LogP contribution in [0.5, 0.6) is 0 Å². The van der Waals surface area contributed by atoms with Gasteiger partial charge in [-0.15, -0.1) is 0 Å². The molecule has 0 atom stereocenters. The summed E-state index contributed by atoms with van der Waals surface area (Å²) in [7, 11) is 0. The molecule has 1 aromatic carbocycles. The molecule has 2 nitrogen and oxygen atoms in total. The van der Waals surface area contributed by atoms with Gasteiger partial charge in [0.1, 0.15) is 0 Å². The predicted octanol–water partition coefficient (Wildman–Crippen LogP) is 3.37. The second kappa shape index (κ2) is 7.42. The summed E-state index contributed by atoms with van der Waals surface area (Å²) >= 11 is 0. The molecule has 2 N–H and O–H groups in total. The van der Waals surface area contributed by atoms with Crippen LogP contribution in [0, 0.1) is 0 Å². The Morgan fingerprint density at radius 1 is 1.17 bits per heavy atom. The molecule has 2 rings (SSSR count). The number of hydrogen-bond acceptors (Lipinski definition) is 2. The number of anilines is 1. The number of rotatable bonds is 8. The summed E-state index contributed by atoms with van der Waals surface area (Å²) in [6.07, 6.45) is 7.73. The summed E-state index contributed by atoms with van der Waals surface area (Å²) < 4.78 is 0. The Bertz CT molecular complexity index is 360. The van der Waals surface area contributed by atoms with Crippen LogP contribution >= 0.6 is 0 Å². The summed E-state index contributed by atoms with van der Waals surface area (Å²) in [4.78, 5) is 0. The second-order valence-electron chi connectivity index (χ2n) is 5.23. The van der Waals surface area contributed by atoms with E-state index in [2.05, 4.69) is 35.8 Å². The summed E-state index contributed by atoms with van der Waals surface area (Å²) in [5, 5.41) is 6.95. The fourth-order valence-corrected chi connectivity index (χ4v) is 2.55. The topological polar surface area (TPSA) is 24.1 Å². The van der Waals surface area contributed by atoms with E-state index in [0.717, 1.165) is 19.5 Å². The van der Waals surface area contributed by atoms with Crippen molar-refractivity contribution in [3.63, 3.8) is 0 Å². The van der Waals surface area contributed by atoms with E-state index in [1.54, 1.807) is 0 Å². The number of benzene rings is 1. The maximum Gasteiger partial charge on any atom is 0.0373 e. The summed E-state index contributed by atoms with van der Waals surface area (Å²) in [5.74, 6) is 0. The van der Waals surface area contributed by atoms with Gasteiger partial charge in [-0.25, -0.2) is 0 Å². The maximum atomic E-state index is 3.54. The molecular formula is C16H26N2. The molecule has 0 saturated carbocycles. The largest absolute Gasteiger partial charge is 0.384 e. The lowest BCUT2D eigenvalue weighted by atomic mass is 10.1. The van der Waals surface area contributed by atoms with Crippen molar-refractivity contribution in [3.05, 3.63) is 29.3 Å². The van der Waals surface area contributed by atoms with Gasteiger partial charge >= 0.3 is 0 Å². The molecule has 0 amide bonds. The lowest BCUT2D eigenvalue weighted by Crippen LogP contribution is -2.18. The predicted molar refractivity (Wildman–Crippen MR) is 79.4 cm³/mol. The van der Waals surface area contributed by atoms with Crippen molar-refractivity contribution < 1.29 is 0 Å². The molecular weight excluding hydrogens is 220 g/mol. The van der Waals surface area contributed by atoms with E-state index >= 15 is 0 Å². The first kappa shape index (κ1) is 13.4. The van der Waals surface area contributed by atoms with Gasteiger partial charge < -0.3 is 10.6 Å². The molecule has 0 aliphatic carbocycles. The zero-order valence-corrected chi connectivity index (χ0v) is 11.6. The van der Waals surface area contributed by atoms with Crippen molar-refractivity contribution in [2.45, 2.75) is 45.4 Å². The van der Waals surface area contributed by atoms with E-state index in [9.17, 15) is 0 Å². The molecule has 1 aliphatic heterocycles. The third kappa shape index (κ3) is 4.02. The van der Waals surface area contributed by atoms with Crippen LogP contribution in [0.2, 0.25) is 0 Å². The van der Waals surface area contributed by atoms with Crippen LogP contribution in [-0.4, -0.2) is 19.6 Å². The van der Waals surface area contributed by atoms with Crippen LogP contribution in [0.25, 0.3) is 0 Å². The van der Waals surface area contributed by atoms with Gasteiger partial charge in [0.2, 0.25) is 0 Å². The zero-order chi connectivity index (χ0) is 12.6. The minimum atomic E-state index is 1.11. The number of unbranched alkanes of at least 4 members (excludes halogenated alkanes) is 3. The fraction of sp³-hybridized carbons (Fsp3) is 0.625. The van der Waals surface area contributed by atoms with Crippen molar-refractivity contribution in [1.82, 2.24) is 5.32 Å². The Hall–Kier alpha value is -1.02. The van der Waals surface area contributed by atoms with E-state index in [4.69, 9.17) is 0 Å². The Balaban J connectivity index is 1.62. The highest BCUT2D eigenvalue weighted by Gasteiger charge is 2.09. The minimum absolute atomic E-state index is 1.11. The number of hydrogen-bond donors (Lipinski definition) is 2. The number of fused-ring (bicyclic) bond motifs is 1. The summed E-state index contributed by atoms with van der Waals surface area (Å²) in [6, 6.07) is 6.86. The highest BCUT2D eigenvalue weighted by molar-refractivity contribution is 5.56. The van der Waals surface area contributed by atoms with Gasteiger partial charge in [-0.2, -0.15) is 0 Å². The third-order valence-corrected chi connectivity index (χ3v) is 3.68. The van der Waals surface area contributed by atoms with Crippen molar-refractivity contribution in [2.24, 2.45) is 0 Å². The average molecular weight is 246 g/mol. The smallest absolute Gasteiger partial charge is 0.0373 e. The number of nitrogens with one attached hydrogen (secondary N) is 2. The van der Waals surface area contributed by atoms with E-state index < -0.39 is 0 Å². The van der Waals surface area contributed by atoms with Crippen molar-refractivity contribution in [1.29, 1.82) is 0 Å². The lowest BCUT2D eigenvalue weighted by molar-refractivity contribution is 0.598. The zero-order valence-electron chi connectivity index (χ0n) is 11.6. The Morgan fingerprint density at radius 2 is 2.11 bits per heavy atom. The molecule has 0 radical (unpaired) electrons. The molecule has 0 bridgehead atoms. The van der Waals surface area contributed by atoms with E-state index in [0.29, 0.717) is 0 Å². The van der Waals surface area contributed by atoms with Crippen LogP contribution in [-0.2, 0) is 12.8 Å². The first-order chi connectivity index (χ1) is 8.90. The minimum Gasteiger partial charge on any atom is -0.384 e. The molecule has 18 heavy (non-hydrogen) atoms. The Morgan fingerprint density at radius 3 is 3.00 bits per heavy atom. The molecule has 100 valence electrons. The van der Waals surface area contributed by atoms with Gasteiger partial charge in [0.15, 0.2) is 0 Å². The maximum absolute atomic E-state index is 3.54. The molecule has 2 heteroatoms. The Labute approximate surface area is 111 Å². The highest BCUT2D eigenvalue weighted by Crippen LogP contribution is 2.22. The second-order valence-corrected chi connectivity index (χ2v) is 5.23. The summed E-state index contributed by atoms with van der Waals surface area (Å²) in [6.45, 7) is 5.65.